The van der Waals surface area contributed by atoms with Crippen molar-refractivity contribution in [2.45, 2.75) is 37.8 Å². The number of carbonyl (C=O) groups excluding carboxylic acids is 1. The van der Waals surface area contributed by atoms with Crippen LogP contribution >= 0.6 is 0 Å². The van der Waals surface area contributed by atoms with Crippen LogP contribution in [0.15, 0.2) is 12.2 Å². The molecule has 2 aliphatic carbocycles. The molecular formula is C11H18N2O. The Morgan fingerprint density at radius 2 is 2.07 bits per heavy atom. The van der Waals surface area contributed by atoms with Crippen LogP contribution in [0.25, 0.3) is 0 Å². The number of amides is 1. The van der Waals surface area contributed by atoms with Crippen LogP contribution in [0.2, 0.25) is 0 Å². The molecule has 0 aromatic heterocycles. The van der Waals surface area contributed by atoms with Crippen LogP contribution in [0, 0.1) is 0 Å². The average Bonchev–Trinajstić information content (AvgIpc) is 2.91. The van der Waals surface area contributed by atoms with E-state index in [4.69, 9.17) is 0 Å². The van der Waals surface area contributed by atoms with Gasteiger partial charge in [0.2, 0.25) is 5.91 Å². The lowest BCUT2D eigenvalue weighted by Gasteiger charge is -2.18. The molecule has 0 heterocycles. The Morgan fingerprint density at radius 1 is 1.43 bits per heavy atom. The normalized spacial score (nSPS) is 21.5. The van der Waals surface area contributed by atoms with Gasteiger partial charge in [-0.1, -0.05) is 12.2 Å². The lowest BCUT2D eigenvalue weighted by molar-refractivity contribution is -0.129. The highest BCUT2D eigenvalue weighted by Gasteiger charge is 2.29. The molecule has 1 saturated carbocycles. The third kappa shape index (κ3) is 2.35. The molecule has 0 atom stereocenters. The quantitative estimate of drug-likeness (QED) is 0.675. The Morgan fingerprint density at radius 3 is 2.64 bits per heavy atom. The highest BCUT2D eigenvalue weighted by molar-refractivity contribution is 5.78. The summed E-state index contributed by atoms with van der Waals surface area (Å²) < 4.78 is 0. The second-order valence-corrected chi connectivity index (χ2v) is 4.26. The molecular weight excluding hydrogens is 176 g/mol. The lowest BCUT2D eigenvalue weighted by Crippen LogP contribution is -2.40. The Kier molecular flexibility index (Phi) is 2.87. The van der Waals surface area contributed by atoms with Crippen LogP contribution in [-0.4, -0.2) is 36.5 Å². The minimum absolute atomic E-state index is 0.236. The van der Waals surface area contributed by atoms with Gasteiger partial charge in [-0.2, -0.15) is 0 Å². The molecule has 0 saturated heterocycles. The number of likely N-dealkylation sites (N-methyl/N-ethyl adjacent to an activating group) is 1. The molecule has 1 amide bonds. The van der Waals surface area contributed by atoms with Gasteiger partial charge < -0.3 is 10.2 Å². The highest BCUT2D eigenvalue weighted by atomic mass is 16.2. The summed E-state index contributed by atoms with van der Waals surface area (Å²) in [7, 11) is 1.91. The zero-order chi connectivity index (χ0) is 9.97. The fourth-order valence-corrected chi connectivity index (χ4v) is 1.81. The zero-order valence-electron chi connectivity index (χ0n) is 8.70. The van der Waals surface area contributed by atoms with Gasteiger partial charge in [-0.3, -0.25) is 4.79 Å². The van der Waals surface area contributed by atoms with Crippen LogP contribution in [0.4, 0.5) is 0 Å². The van der Waals surface area contributed by atoms with Crippen molar-refractivity contribution in [2.24, 2.45) is 0 Å². The van der Waals surface area contributed by atoms with Crippen molar-refractivity contribution in [3.8, 4) is 0 Å². The molecule has 0 bridgehead atoms. The molecule has 0 radical (unpaired) electrons. The number of nitrogens with zero attached hydrogens (tertiary/aromatic N) is 1. The Bertz CT molecular complexity index is 238. The first-order valence-electron chi connectivity index (χ1n) is 5.41. The van der Waals surface area contributed by atoms with Gasteiger partial charge >= 0.3 is 0 Å². The zero-order valence-corrected chi connectivity index (χ0v) is 8.70. The van der Waals surface area contributed by atoms with Crippen molar-refractivity contribution in [3.05, 3.63) is 12.2 Å². The Labute approximate surface area is 85.2 Å². The second kappa shape index (κ2) is 4.13. The van der Waals surface area contributed by atoms with E-state index < -0.39 is 0 Å². The lowest BCUT2D eigenvalue weighted by atomic mass is 10.2. The van der Waals surface area contributed by atoms with E-state index in [-0.39, 0.29) is 5.91 Å². The van der Waals surface area contributed by atoms with Crippen molar-refractivity contribution in [2.75, 3.05) is 13.6 Å². The van der Waals surface area contributed by atoms with Gasteiger partial charge in [-0.05, 0) is 25.7 Å². The molecule has 0 aromatic rings. The molecule has 2 aliphatic rings. The molecule has 14 heavy (non-hydrogen) atoms. The van der Waals surface area contributed by atoms with Crippen molar-refractivity contribution in [3.63, 3.8) is 0 Å². The maximum absolute atomic E-state index is 11.6. The van der Waals surface area contributed by atoms with E-state index in [1.807, 2.05) is 11.9 Å². The largest absolute Gasteiger partial charge is 0.342 e. The van der Waals surface area contributed by atoms with Gasteiger partial charge in [-0.25, -0.2) is 0 Å². The van der Waals surface area contributed by atoms with Gasteiger partial charge in [0.05, 0.1) is 6.54 Å². The minimum Gasteiger partial charge on any atom is -0.342 e. The van der Waals surface area contributed by atoms with Crippen LogP contribution in [0.3, 0.4) is 0 Å². The van der Waals surface area contributed by atoms with Crippen LogP contribution in [0.1, 0.15) is 25.7 Å². The van der Waals surface area contributed by atoms with Gasteiger partial charge in [0.25, 0.3) is 0 Å². The molecule has 0 unspecified atom stereocenters. The topological polar surface area (TPSA) is 32.3 Å². The smallest absolute Gasteiger partial charge is 0.236 e. The molecule has 0 aromatic carbocycles. The van der Waals surface area contributed by atoms with E-state index in [1.54, 1.807) is 0 Å². The summed E-state index contributed by atoms with van der Waals surface area (Å²) >= 11 is 0. The summed E-state index contributed by atoms with van der Waals surface area (Å²) in [4.78, 5) is 13.5. The van der Waals surface area contributed by atoms with Gasteiger partial charge in [0.15, 0.2) is 0 Å². The number of nitrogens with one attached hydrogen (secondary N) is 1. The maximum Gasteiger partial charge on any atom is 0.236 e. The molecule has 3 nitrogen and oxygen atoms in total. The van der Waals surface area contributed by atoms with Crippen molar-refractivity contribution in [1.29, 1.82) is 0 Å². The minimum atomic E-state index is 0.236. The SMILES string of the molecule is CN(C(=O)CNC1CC=CC1)C1CC1. The van der Waals surface area contributed by atoms with Crippen LogP contribution < -0.4 is 5.32 Å². The number of hydrogen-bond acceptors (Lipinski definition) is 2. The fraction of sp³-hybridized carbons (Fsp3) is 0.727. The summed E-state index contributed by atoms with van der Waals surface area (Å²) in [6, 6.07) is 1.03. The molecule has 0 aliphatic heterocycles. The fourth-order valence-electron chi connectivity index (χ4n) is 1.81. The molecule has 3 heteroatoms. The third-order valence-corrected chi connectivity index (χ3v) is 3.04. The van der Waals surface area contributed by atoms with Gasteiger partial charge in [-0.15, -0.1) is 0 Å². The predicted octanol–water partition coefficient (Wildman–Crippen LogP) is 0.915. The summed E-state index contributed by atoms with van der Waals surface area (Å²) in [6.45, 7) is 0.499. The van der Waals surface area contributed by atoms with Gasteiger partial charge in [0, 0.05) is 19.1 Å². The molecule has 0 spiro atoms. The first kappa shape index (κ1) is 9.71. The van der Waals surface area contributed by atoms with Crippen LogP contribution in [-0.2, 0) is 4.79 Å². The summed E-state index contributed by atoms with van der Waals surface area (Å²) in [5.74, 6) is 0.236. The number of carbonyl (C=O) groups is 1. The van der Waals surface area contributed by atoms with Crippen molar-refractivity contribution in [1.82, 2.24) is 10.2 Å². The number of hydrogen-bond donors (Lipinski definition) is 1. The van der Waals surface area contributed by atoms with E-state index in [0.717, 1.165) is 12.8 Å². The summed E-state index contributed by atoms with van der Waals surface area (Å²) in [5.41, 5.74) is 0. The summed E-state index contributed by atoms with van der Waals surface area (Å²) in [5, 5.41) is 3.29. The Balaban J connectivity index is 1.66. The molecule has 1 N–H and O–H groups in total. The Hall–Kier alpha value is -0.830. The van der Waals surface area contributed by atoms with Crippen molar-refractivity contribution < 1.29 is 4.79 Å². The third-order valence-electron chi connectivity index (χ3n) is 3.04. The second-order valence-electron chi connectivity index (χ2n) is 4.26. The van der Waals surface area contributed by atoms with E-state index >= 15 is 0 Å². The highest BCUT2D eigenvalue weighted by Crippen LogP contribution is 2.25. The summed E-state index contributed by atoms with van der Waals surface area (Å²) in [6.07, 6.45) is 8.86. The first-order chi connectivity index (χ1) is 6.77. The maximum atomic E-state index is 11.6. The van der Waals surface area contributed by atoms with E-state index in [1.165, 1.54) is 12.8 Å². The molecule has 1 fully saturated rings. The predicted molar refractivity (Wildman–Crippen MR) is 56.0 cm³/mol. The van der Waals surface area contributed by atoms with Crippen LogP contribution in [0.5, 0.6) is 0 Å². The van der Waals surface area contributed by atoms with E-state index in [2.05, 4.69) is 17.5 Å². The molecule has 2 rings (SSSR count). The van der Waals surface area contributed by atoms with E-state index in [0.29, 0.717) is 18.6 Å². The van der Waals surface area contributed by atoms with Gasteiger partial charge in [0.1, 0.15) is 0 Å². The number of rotatable bonds is 4. The van der Waals surface area contributed by atoms with Crippen molar-refractivity contribution >= 4 is 5.91 Å². The standard InChI is InChI=1S/C11H18N2O/c1-13(10-6-7-10)11(14)8-12-9-4-2-3-5-9/h2-3,9-10,12H,4-8H2,1H3. The first-order valence-corrected chi connectivity index (χ1v) is 5.41. The molecule has 78 valence electrons. The monoisotopic (exact) mass is 194 g/mol. The van der Waals surface area contributed by atoms with E-state index in [9.17, 15) is 4.79 Å². The average molecular weight is 194 g/mol.